The lowest BCUT2D eigenvalue weighted by atomic mass is 10.1. The largest absolute Gasteiger partial charge is 0.497 e. The van der Waals surface area contributed by atoms with Crippen molar-refractivity contribution in [3.8, 4) is 17.0 Å². The molecule has 2 aromatic carbocycles. The van der Waals surface area contributed by atoms with E-state index in [0.717, 1.165) is 11.3 Å². The van der Waals surface area contributed by atoms with Crippen LogP contribution in [0.2, 0.25) is 0 Å². The van der Waals surface area contributed by atoms with Crippen LogP contribution in [0.1, 0.15) is 10.4 Å². The molecule has 3 N–H and O–H groups in total. The van der Waals surface area contributed by atoms with Crippen molar-refractivity contribution in [2.75, 3.05) is 13.0 Å². The lowest BCUT2D eigenvalue weighted by Gasteiger charge is -2.05. The van der Waals surface area contributed by atoms with Crippen molar-refractivity contribution in [1.82, 2.24) is 15.1 Å². The van der Waals surface area contributed by atoms with E-state index in [4.69, 9.17) is 10.6 Å². The second kappa shape index (κ2) is 7.31. The number of benzene rings is 2. The molecule has 126 valence electrons. The zero-order valence-corrected chi connectivity index (χ0v) is 13.6. The number of methoxy groups -OCH3 is 1. The van der Waals surface area contributed by atoms with E-state index in [2.05, 4.69) is 15.5 Å². The molecule has 0 bridgehead atoms. The van der Waals surface area contributed by atoms with Gasteiger partial charge >= 0.3 is 0 Å². The van der Waals surface area contributed by atoms with E-state index >= 15 is 0 Å². The molecule has 3 aromatic rings. The van der Waals surface area contributed by atoms with Crippen LogP contribution in [0.25, 0.3) is 11.3 Å². The molecule has 0 aliphatic heterocycles. The van der Waals surface area contributed by atoms with Gasteiger partial charge in [-0.1, -0.05) is 18.2 Å². The molecule has 0 aliphatic carbocycles. The lowest BCUT2D eigenvalue weighted by molar-refractivity contribution is 0.0952. The van der Waals surface area contributed by atoms with Gasteiger partial charge in [0, 0.05) is 17.3 Å². The Morgan fingerprint density at radius 1 is 1.12 bits per heavy atom. The number of rotatable bonds is 4. The second-order valence-corrected chi connectivity index (χ2v) is 5.17. The summed E-state index contributed by atoms with van der Waals surface area (Å²) < 4.78 is 6.38. The Bertz CT molecular complexity index is 934. The number of aromatic nitrogens is 2. The maximum absolute atomic E-state index is 12.1. The summed E-state index contributed by atoms with van der Waals surface area (Å²) >= 11 is 0. The number of hydrogen-bond donors (Lipinski definition) is 2. The number of amides is 1. The fourth-order valence-electron chi connectivity index (χ4n) is 2.18. The van der Waals surface area contributed by atoms with Gasteiger partial charge in [0.25, 0.3) is 11.5 Å². The number of carbonyl (C=O) groups is 1. The van der Waals surface area contributed by atoms with Gasteiger partial charge in [-0.05, 0) is 42.5 Å². The van der Waals surface area contributed by atoms with Gasteiger partial charge < -0.3 is 10.6 Å². The van der Waals surface area contributed by atoms with Gasteiger partial charge in [0.05, 0.1) is 12.8 Å². The van der Waals surface area contributed by atoms with Gasteiger partial charge in [-0.2, -0.15) is 0 Å². The number of nitrogen functional groups attached to an aromatic ring is 1. The van der Waals surface area contributed by atoms with Crippen LogP contribution >= 0.6 is 0 Å². The highest BCUT2D eigenvalue weighted by Gasteiger charge is 2.04. The van der Waals surface area contributed by atoms with Crippen LogP contribution in [-0.2, 0) is 0 Å². The number of nitrogens with two attached hydrogens (primary N) is 1. The molecule has 7 nitrogen and oxygen atoms in total. The van der Waals surface area contributed by atoms with E-state index in [1.165, 1.54) is 4.68 Å². The number of carbonyl (C=O) groups excluding carboxylic acids is 1. The van der Waals surface area contributed by atoms with Gasteiger partial charge in [-0.25, -0.2) is 15.1 Å². The highest BCUT2D eigenvalue weighted by Crippen LogP contribution is 2.19. The zero-order chi connectivity index (χ0) is 17.6. The zero-order valence-electron chi connectivity index (χ0n) is 13.6. The third kappa shape index (κ3) is 3.84. The summed E-state index contributed by atoms with van der Waals surface area (Å²) in [6, 6.07) is 18.0. The van der Waals surface area contributed by atoms with Crippen LogP contribution in [0.15, 0.2) is 72.0 Å². The summed E-state index contributed by atoms with van der Waals surface area (Å²) in [5.41, 5.74) is 4.69. The van der Waals surface area contributed by atoms with E-state index in [0.29, 0.717) is 11.3 Å². The Morgan fingerprint density at radius 3 is 2.52 bits per heavy atom. The molecule has 0 radical (unpaired) electrons. The molecule has 25 heavy (non-hydrogen) atoms. The fourth-order valence-corrected chi connectivity index (χ4v) is 2.18. The van der Waals surface area contributed by atoms with Crippen LogP contribution in [-0.4, -0.2) is 22.7 Å². The highest BCUT2D eigenvalue weighted by atomic mass is 16.5. The third-order valence-corrected chi connectivity index (χ3v) is 3.52. The summed E-state index contributed by atoms with van der Waals surface area (Å²) in [5.74, 6) is 6.25. The van der Waals surface area contributed by atoms with E-state index in [9.17, 15) is 4.79 Å². The molecule has 1 aromatic heterocycles. The topological polar surface area (TPSA) is 94.5 Å². The minimum absolute atomic E-state index is 0.178. The van der Waals surface area contributed by atoms with Crippen LogP contribution in [0, 0.1) is 0 Å². The van der Waals surface area contributed by atoms with Crippen molar-refractivity contribution < 1.29 is 9.53 Å². The maximum Gasteiger partial charge on any atom is 0.271 e. The standard InChI is InChI=1S/C18H17N5O2/c1-25-15-9-7-13(8-10-15)16-11-12-23(19)18(20-16)22-21-17(24)14-5-3-2-4-6-14/h2-12H,19H2,1H3,(H,21,24)/b22-18+. The van der Waals surface area contributed by atoms with Crippen molar-refractivity contribution in [2.45, 2.75) is 0 Å². The van der Waals surface area contributed by atoms with Gasteiger partial charge in [-0.15, -0.1) is 5.10 Å². The molecule has 0 saturated heterocycles. The number of hydrogen-bond acceptors (Lipinski definition) is 5. The molecule has 0 aliphatic rings. The summed E-state index contributed by atoms with van der Waals surface area (Å²) in [4.78, 5) is 16.4. The predicted molar refractivity (Wildman–Crippen MR) is 93.8 cm³/mol. The summed E-state index contributed by atoms with van der Waals surface area (Å²) in [5, 5.41) is 4.00. The van der Waals surface area contributed by atoms with Gasteiger partial charge in [0.2, 0.25) is 0 Å². The molecule has 0 saturated carbocycles. The fraction of sp³-hybridized carbons (Fsp3) is 0.0556. The first-order valence-corrected chi connectivity index (χ1v) is 7.55. The molecular weight excluding hydrogens is 318 g/mol. The summed E-state index contributed by atoms with van der Waals surface area (Å²) in [6.45, 7) is 0. The van der Waals surface area contributed by atoms with Crippen molar-refractivity contribution >= 4 is 5.91 Å². The first-order chi connectivity index (χ1) is 12.2. The van der Waals surface area contributed by atoms with Crippen molar-refractivity contribution in [3.63, 3.8) is 0 Å². The molecule has 1 amide bonds. The molecule has 1 heterocycles. The first kappa shape index (κ1) is 16.3. The Balaban J connectivity index is 1.87. The average Bonchev–Trinajstić information content (AvgIpc) is 2.68. The number of nitrogens with zero attached hydrogens (tertiary/aromatic N) is 3. The monoisotopic (exact) mass is 335 g/mol. The summed E-state index contributed by atoms with van der Waals surface area (Å²) in [6.07, 6.45) is 1.63. The third-order valence-electron chi connectivity index (χ3n) is 3.52. The van der Waals surface area contributed by atoms with Crippen molar-refractivity contribution in [1.29, 1.82) is 0 Å². The Labute approximate surface area is 144 Å². The van der Waals surface area contributed by atoms with E-state index < -0.39 is 0 Å². The minimum Gasteiger partial charge on any atom is -0.497 e. The molecule has 0 spiro atoms. The Morgan fingerprint density at radius 2 is 1.84 bits per heavy atom. The highest BCUT2D eigenvalue weighted by molar-refractivity contribution is 5.93. The normalized spacial score (nSPS) is 11.2. The van der Waals surface area contributed by atoms with Crippen molar-refractivity contribution in [3.05, 3.63) is 78.0 Å². The van der Waals surface area contributed by atoms with Gasteiger partial charge in [-0.3, -0.25) is 4.79 Å². The van der Waals surface area contributed by atoms with E-state index in [-0.39, 0.29) is 11.5 Å². The van der Waals surface area contributed by atoms with E-state index in [1.807, 2.05) is 30.3 Å². The predicted octanol–water partition coefficient (Wildman–Crippen LogP) is 1.52. The molecular formula is C18H17N5O2. The lowest BCUT2D eigenvalue weighted by Crippen LogP contribution is -2.34. The average molecular weight is 335 g/mol. The Hall–Kier alpha value is -3.61. The molecule has 7 heteroatoms. The van der Waals surface area contributed by atoms with Crippen LogP contribution in [0.5, 0.6) is 5.75 Å². The van der Waals surface area contributed by atoms with E-state index in [1.54, 1.807) is 43.6 Å². The SMILES string of the molecule is COc1ccc(-c2ccn(N)/c(=N/NC(=O)c3ccccc3)n2)cc1. The van der Waals surface area contributed by atoms with Crippen LogP contribution in [0.4, 0.5) is 0 Å². The smallest absolute Gasteiger partial charge is 0.271 e. The van der Waals surface area contributed by atoms with Crippen LogP contribution < -0.4 is 21.6 Å². The quantitative estimate of drug-likeness (QED) is 0.558. The number of ether oxygens (including phenoxy) is 1. The van der Waals surface area contributed by atoms with Crippen molar-refractivity contribution in [2.24, 2.45) is 5.10 Å². The number of nitrogens with one attached hydrogen (secondary N) is 1. The summed E-state index contributed by atoms with van der Waals surface area (Å²) in [7, 11) is 1.61. The maximum atomic E-state index is 12.1. The second-order valence-electron chi connectivity index (χ2n) is 5.17. The molecule has 0 fully saturated rings. The Kier molecular flexibility index (Phi) is 4.75. The van der Waals surface area contributed by atoms with Crippen LogP contribution in [0.3, 0.4) is 0 Å². The van der Waals surface area contributed by atoms with Gasteiger partial charge in [0.15, 0.2) is 0 Å². The molecule has 0 atom stereocenters. The van der Waals surface area contributed by atoms with Gasteiger partial charge in [0.1, 0.15) is 5.75 Å². The first-order valence-electron chi connectivity index (χ1n) is 7.55. The minimum atomic E-state index is -0.336. The molecule has 0 unspecified atom stereocenters. The molecule has 3 rings (SSSR count).